The third-order valence-corrected chi connectivity index (χ3v) is 7.85. The lowest BCUT2D eigenvalue weighted by Crippen LogP contribution is -2.62. The highest BCUT2D eigenvalue weighted by Crippen LogP contribution is 2.38. The van der Waals surface area contributed by atoms with Gasteiger partial charge in [-0.05, 0) is 57.0 Å². The number of amides is 2. The highest BCUT2D eigenvalue weighted by atomic mass is 16.6. The second-order valence-corrected chi connectivity index (χ2v) is 11.8. The zero-order valence-electron chi connectivity index (χ0n) is 23.3. The van der Waals surface area contributed by atoms with Crippen molar-refractivity contribution in [3.05, 3.63) is 65.5 Å². The molecular weight excluding hydrogens is 496 g/mol. The van der Waals surface area contributed by atoms with Crippen LogP contribution in [0.2, 0.25) is 0 Å². The summed E-state index contributed by atoms with van der Waals surface area (Å²) >= 11 is 0. The minimum absolute atomic E-state index is 0.0269. The van der Waals surface area contributed by atoms with E-state index in [4.69, 9.17) is 18.9 Å². The second-order valence-electron chi connectivity index (χ2n) is 11.8. The van der Waals surface area contributed by atoms with Crippen LogP contribution in [0.4, 0.5) is 0 Å². The summed E-state index contributed by atoms with van der Waals surface area (Å²) in [5.41, 5.74) is 1.86. The lowest BCUT2D eigenvalue weighted by molar-refractivity contribution is -0.136. The van der Waals surface area contributed by atoms with E-state index >= 15 is 0 Å². The monoisotopic (exact) mass is 536 g/mol. The van der Waals surface area contributed by atoms with Crippen LogP contribution < -0.4 is 15.4 Å². The fourth-order valence-corrected chi connectivity index (χ4v) is 5.11. The number of rotatable bonds is 12. The van der Waals surface area contributed by atoms with Gasteiger partial charge in [0.05, 0.1) is 42.4 Å². The summed E-state index contributed by atoms with van der Waals surface area (Å²) in [7, 11) is 0. The van der Waals surface area contributed by atoms with Crippen LogP contribution in [0.3, 0.4) is 0 Å². The van der Waals surface area contributed by atoms with Gasteiger partial charge >= 0.3 is 0 Å². The zero-order valence-corrected chi connectivity index (χ0v) is 23.3. The molecule has 210 valence electrons. The Hall–Kier alpha value is -3.10. The molecule has 5 rings (SSSR count). The van der Waals surface area contributed by atoms with E-state index in [1.54, 1.807) is 0 Å². The molecule has 2 N–H and O–H groups in total. The van der Waals surface area contributed by atoms with E-state index < -0.39 is 12.1 Å². The summed E-state index contributed by atoms with van der Waals surface area (Å²) in [6, 6.07) is 6.46. The maximum atomic E-state index is 12.8. The predicted molar refractivity (Wildman–Crippen MR) is 147 cm³/mol. The van der Waals surface area contributed by atoms with Crippen LogP contribution >= 0.6 is 0 Å². The van der Waals surface area contributed by atoms with Gasteiger partial charge in [0.15, 0.2) is 0 Å². The van der Waals surface area contributed by atoms with Crippen molar-refractivity contribution in [1.82, 2.24) is 10.6 Å². The van der Waals surface area contributed by atoms with E-state index in [-0.39, 0.29) is 35.2 Å². The van der Waals surface area contributed by atoms with Gasteiger partial charge < -0.3 is 29.6 Å². The summed E-state index contributed by atoms with van der Waals surface area (Å²) in [4.78, 5) is 25.7. The van der Waals surface area contributed by atoms with Crippen LogP contribution in [0.15, 0.2) is 59.9 Å². The Morgan fingerprint density at radius 1 is 0.821 bits per heavy atom. The van der Waals surface area contributed by atoms with Crippen molar-refractivity contribution < 1.29 is 28.5 Å². The summed E-state index contributed by atoms with van der Waals surface area (Å²) in [6.07, 6.45) is 11.7. The molecule has 4 atom stereocenters. The number of nitrogens with one attached hydrogen (secondary N) is 2. The number of hydrogen-bond acceptors (Lipinski definition) is 6. The molecule has 3 aliphatic heterocycles. The number of carbonyl (C=O) groups excluding carboxylic acids is 2. The van der Waals surface area contributed by atoms with Crippen molar-refractivity contribution in [3.8, 4) is 5.75 Å². The maximum absolute atomic E-state index is 12.8. The lowest BCUT2D eigenvalue weighted by Gasteiger charge is -2.30. The number of benzene rings is 1. The number of epoxide rings is 2. The molecule has 1 aromatic rings. The molecule has 4 aliphatic rings. The molecule has 1 aliphatic carbocycles. The molecular formula is C31H40N2O6. The Morgan fingerprint density at radius 3 is 1.97 bits per heavy atom. The summed E-state index contributed by atoms with van der Waals surface area (Å²) in [6.45, 7) is 9.55. The van der Waals surface area contributed by atoms with Crippen molar-refractivity contribution in [3.63, 3.8) is 0 Å². The Morgan fingerprint density at radius 2 is 1.38 bits per heavy atom. The smallest absolute Gasteiger partial charge is 0.243 e. The number of allylic oxidation sites excluding steroid dienone is 4. The molecule has 39 heavy (non-hydrogen) atoms. The molecule has 2 amide bonds. The van der Waals surface area contributed by atoms with Gasteiger partial charge in [-0.25, -0.2) is 0 Å². The number of ether oxygens (including phenoxy) is 4. The molecule has 1 aromatic carbocycles. The van der Waals surface area contributed by atoms with Crippen LogP contribution in [-0.2, 0) is 30.2 Å². The van der Waals surface area contributed by atoms with Gasteiger partial charge in [0, 0.05) is 32.1 Å². The minimum atomic E-state index is -0.606. The first-order valence-corrected chi connectivity index (χ1v) is 14.0. The van der Waals surface area contributed by atoms with Gasteiger partial charge in [0.1, 0.15) is 17.8 Å². The molecule has 4 unspecified atom stereocenters. The van der Waals surface area contributed by atoms with Gasteiger partial charge in [-0.1, -0.05) is 30.4 Å². The van der Waals surface area contributed by atoms with Crippen molar-refractivity contribution >= 4 is 11.8 Å². The van der Waals surface area contributed by atoms with Crippen LogP contribution in [0, 0.1) is 0 Å². The van der Waals surface area contributed by atoms with Crippen molar-refractivity contribution in [2.24, 2.45) is 0 Å². The first-order valence-electron chi connectivity index (χ1n) is 14.0. The van der Waals surface area contributed by atoms with Crippen LogP contribution in [0.25, 0.3) is 0 Å². The fraction of sp³-hybridized carbons (Fsp3) is 0.548. The average molecular weight is 537 g/mol. The molecule has 3 heterocycles. The lowest BCUT2D eigenvalue weighted by atomic mass is 9.98. The van der Waals surface area contributed by atoms with E-state index in [9.17, 15) is 9.59 Å². The summed E-state index contributed by atoms with van der Waals surface area (Å²) in [5, 5.41) is 5.82. The molecule has 0 bridgehead atoms. The maximum Gasteiger partial charge on any atom is 0.243 e. The van der Waals surface area contributed by atoms with Crippen LogP contribution in [-0.4, -0.2) is 60.5 Å². The summed E-state index contributed by atoms with van der Waals surface area (Å²) < 4.78 is 22.9. The molecule has 0 aromatic heterocycles. The first kappa shape index (κ1) is 27.5. The standard InChI is InChI=1S/C31H40N2O6/c1-30(2)26(38-30)14-16-36-22-7-5-6-20(8-11-22)18-24-28(34)33-25(29(35)32-24)19-21-9-12-23(13-10-21)37-17-15-27-31(3,4)39-27/h5-6,8-13,24-27H,7,14-19H2,1-4H3,(H,32,35)(H,33,34). The molecule has 8 heteroatoms. The third-order valence-electron chi connectivity index (χ3n) is 7.85. The van der Waals surface area contributed by atoms with Crippen LogP contribution in [0.1, 0.15) is 58.9 Å². The van der Waals surface area contributed by atoms with Gasteiger partial charge in [0.25, 0.3) is 0 Å². The average Bonchev–Trinajstić information content (AvgIpc) is 3.74. The molecule has 0 saturated carbocycles. The molecule has 0 spiro atoms. The quantitative estimate of drug-likeness (QED) is 0.393. The molecule has 3 fully saturated rings. The van der Waals surface area contributed by atoms with E-state index in [0.717, 1.165) is 35.5 Å². The zero-order chi connectivity index (χ0) is 27.6. The van der Waals surface area contributed by atoms with Crippen molar-refractivity contribution in [1.29, 1.82) is 0 Å². The highest BCUT2D eigenvalue weighted by molar-refractivity contribution is 5.97. The largest absolute Gasteiger partial charge is 0.498 e. The fourth-order valence-electron chi connectivity index (χ4n) is 5.11. The SMILES string of the molecule is CC1(C)OC1CCOC1=CC=C(CC2NC(=O)C(Cc3ccc(OCCC4OC4(C)C)cc3)NC2=O)C=CC1. The van der Waals surface area contributed by atoms with Gasteiger partial charge in [0.2, 0.25) is 11.8 Å². The van der Waals surface area contributed by atoms with Crippen molar-refractivity contribution in [2.75, 3.05) is 13.2 Å². The Kier molecular flexibility index (Phi) is 7.87. The van der Waals surface area contributed by atoms with Crippen LogP contribution in [0.5, 0.6) is 5.75 Å². The molecule has 3 saturated heterocycles. The number of carbonyl (C=O) groups is 2. The molecule has 0 radical (unpaired) electrons. The van der Waals surface area contributed by atoms with Gasteiger partial charge in [-0.2, -0.15) is 0 Å². The van der Waals surface area contributed by atoms with Gasteiger partial charge in [-0.15, -0.1) is 0 Å². The van der Waals surface area contributed by atoms with Gasteiger partial charge in [-0.3, -0.25) is 9.59 Å². The second kappa shape index (κ2) is 11.2. The predicted octanol–water partition coefficient (Wildman–Crippen LogP) is 3.90. The highest BCUT2D eigenvalue weighted by Gasteiger charge is 2.47. The Labute approximate surface area is 230 Å². The molecule has 8 nitrogen and oxygen atoms in total. The minimum Gasteiger partial charge on any atom is -0.498 e. The van der Waals surface area contributed by atoms with Crippen molar-refractivity contribution in [2.45, 2.75) is 95.3 Å². The number of hydrogen-bond donors (Lipinski definition) is 2. The third kappa shape index (κ3) is 7.31. The van der Waals surface area contributed by atoms with E-state index in [2.05, 4.69) is 38.3 Å². The Bertz CT molecular complexity index is 1170. The van der Waals surface area contributed by atoms with E-state index in [0.29, 0.717) is 32.5 Å². The normalized spacial score (nSPS) is 28.4. The van der Waals surface area contributed by atoms with E-state index in [1.165, 1.54) is 0 Å². The first-order chi connectivity index (χ1) is 18.6. The Balaban J connectivity index is 1.06. The van der Waals surface area contributed by atoms with E-state index in [1.807, 2.05) is 48.6 Å². The topological polar surface area (TPSA) is 102 Å². The number of piperazine rings is 1. The summed E-state index contributed by atoms with van der Waals surface area (Å²) in [5.74, 6) is 1.32.